The minimum atomic E-state index is -1.64. The number of rotatable bonds is 4. The largest absolute Gasteiger partial charge is 0.479 e. The monoisotopic (exact) mass is 244 g/mol. The van der Waals surface area contributed by atoms with Crippen LogP contribution < -0.4 is 5.32 Å². The van der Waals surface area contributed by atoms with Crippen LogP contribution in [0.2, 0.25) is 5.15 Å². The molecule has 0 aromatic carbocycles. The first-order chi connectivity index (χ1) is 7.50. The fourth-order valence-corrected chi connectivity index (χ4v) is 1.07. The van der Waals surface area contributed by atoms with Crippen molar-refractivity contribution in [3.8, 4) is 0 Å². The molecule has 1 amide bonds. The van der Waals surface area contributed by atoms with E-state index in [-0.39, 0.29) is 17.4 Å². The number of nitrogens with one attached hydrogen (secondary N) is 1. The van der Waals surface area contributed by atoms with Gasteiger partial charge in [0.15, 0.2) is 6.10 Å². The lowest BCUT2D eigenvalue weighted by Gasteiger charge is -2.07. The van der Waals surface area contributed by atoms with Gasteiger partial charge >= 0.3 is 5.97 Å². The summed E-state index contributed by atoms with van der Waals surface area (Å²) in [5.41, 5.74) is 0.0603. The second-order valence-corrected chi connectivity index (χ2v) is 3.30. The zero-order valence-electron chi connectivity index (χ0n) is 8.05. The lowest BCUT2D eigenvalue weighted by molar-refractivity contribution is -0.146. The molecule has 0 bridgehead atoms. The number of carboxylic acid groups (broad SMARTS) is 1. The SMILES string of the molecule is O=C(NCC(O)C(=O)O)c1cccc(Cl)n1. The second-order valence-electron chi connectivity index (χ2n) is 2.91. The fourth-order valence-electron chi connectivity index (χ4n) is 0.902. The van der Waals surface area contributed by atoms with Crippen molar-refractivity contribution in [1.82, 2.24) is 10.3 Å². The number of aromatic nitrogens is 1. The molecule has 0 aliphatic carbocycles. The highest BCUT2D eigenvalue weighted by Crippen LogP contribution is 2.04. The maximum absolute atomic E-state index is 11.4. The maximum atomic E-state index is 11.4. The van der Waals surface area contributed by atoms with Crippen molar-refractivity contribution in [2.75, 3.05) is 6.54 Å². The van der Waals surface area contributed by atoms with Crippen LogP contribution in [0.1, 0.15) is 10.5 Å². The maximum Gasteiger partial charge on any atom is 0.334 e. The molecule has 1 unspecified atom stereocenters. The third-order valence-corrected chi connectivity index (χ3v) is 1.90. The van der Waals surface area contributed by atoms with Gasteiger partial charge in [-0.15, -0.1) is 0 Å². The standard InChI is InChI=1S/C9H9ClN2O4/c10-7-3-1-2-5(12-7)8(14)11-4-6(13)9(15)16/h1-3,6,13H,4H2,(H,11,14)(H,15,16). The third-order valence-electron chi connectivity index (χ3n) is 1.69. The van der Waals surface area contributed by atoms with E-state index >= 15 is 0 Å². The summed E-state index contributed by atoms with van der Waals surface area (Å²) in [6, 6.07) is 4.47. The fraction of sp³-hybridized carbons (Fsp3) is 0.222. The van der Waals surface area contributed by atoms with E-state index in [1.54, 1.807) is 0 Å². The van der Waals surface area contributed by atoms with Crippen LogP contribution in [0.3, 0.4) is 0 Å². The number of aliphatic carboxylic acids is 1. The molecule has 3 N–H and O–H groups in total. The predicted octanol–water partition coefficient (Wildman–Crippen LogP) is -0.0897. The number of carbonyl (C=O) groups is 2. The lowest BCUT2D eigenvalue weighted by atomic mass is 10.3. The van der Waals surface area contributed by atoms with Gasteiger partial charge in [0.05, 0.1) is 6.54 Å². The molecule has 86 valence electrons. The summed E-state index contributed by atoms with van der Waals surface area (Å²) in [5, 5.41) is 19.7. The molecule has 7 heteroatoms. The van der Waals surface area contributed by atoms with Gasteiger partial charge in [0, 0.05) is 0 Å². The molecule has 0 aliphatic heterocycles. The predicted molar refractivity (Wildman–Crippen MR) is 55.2 cm³/mol. The number of hydrogen-bond acceptors (Lipinski definition) is 4. The van der Waals surface area contributed by atoms with E-state index in [0.717, 1.165) is 0 Å². The molecule has 1 aromatic rings. The number of aliphatic hydroxyl groups excluding tert-OH is 1. The van der Waals surface area contributed by atoms with Gasteiger partial charge in [0.25, 0.3) is 5.91 Å². The van der Waals surface area contributed by atoms with Crippen LogP contribution in [0, 0.1) is 0 Å². The van der Waals surface area contributed by atoms with Crippen molar-refractivity contribution < 1.29 is 19.8 Å². The first kappa shape index (κ1) is 12.4. The molecular weight excluding hydrogens is 236 g/mol. The van der Waals surface area contributed by atoms with Gasteiger partial charge in [0.2, 0.25) is 0 Å². The molecule has 0 fully saturated rings. The van der Waals surface area contributed by atoms with Crippen molar-refractivity contribution in [3.05, 3.63) is 29.0 Å². The smallest absolute Gasteiger partial charge is 0.334 e. The summed E-state index contributed by atoms with van der Waals surface area (Å²) in [6.07, 6.45) is -1.64. The van der Waals surface area contributed by atoms with Gasteiger partial charge in [-0.05, 0) is 12.1 Å². The van der Waals surface area contributed by atoms with E-state index in [2.05, 4.69) is 10.3 Å². The van der Waals surface area contributed by atoms with E-state index in [1.807, 2.05) is 0 Å². The summed E-state index contributed by atoms with van der Waals surface area (Å²) >= 11 is 5.57. The molecule has 16 heavy (non-hydrogen) atoms. The van der Waals surface area contributed by atoms with Gasteiger partial charge in [-0.3, -0.25) is 4.79 Å². The molecule has 1 atom stereocenters. The average molecular weight is 245 g/mol. The van der Waals surface area contributed by atoms with Gasteiger partial charge in [-0.25, -0.2) is 9.78 Å². The highest BCUT2D eigenvalue weighted by atomic mass is 35.5. The number of hydrogen-bond donors (Lipinski definition) is 3. The Balaban J connectivity index is 2.56. The lowest BCUT2D eigenvalue weighted by Crippen LogP contribution is -2.36. The Morgan fingerprint density at radius 1 is 1.50 bits per heavy atom. The summed E-state index contributed by atoms with van der Waals surface area (Å²) in [7, 11) is 0. The molecule has 6 nitrogen and oxygen atoms in total. The normalized spacial score (nSPS) is 11.9. The molecule has 0 spiro atoms. The summed E-state index contributed by atoms with van der Waals surface area (Å²) in [6.45, 7) is -0.387. The zero-order valence-corrected chi connectivity index (χ0v) is 8.81. The van der Waals surface area contributed by atoms with Gasteiger partial charge < -0.3 is 15.5 Å². The van der Waals surface area contributed by atoms with Crippen molar-refractivity contribution in [2.24, 2.45) is 0 Å². The minimum absolute atomic E-state index is 0.0603. The van der Waals surface area contributed by atoms with Gasteiger partial charge in [0.1, 0.15) is 10.8 Å². The Morgan fingerprint density at radius 2 is 2.19 bits per heavy atom. The number of carbonyl (C=O) groups excluding carboxylic acids is 1. The van der Waals surface area contributed by atoms with Crippen molar-refractivity contribution in [3.63, 3.8) is 0 Å². The van der Waals surface area contributed by atoms with Crippen molar-refractivity contribution >= 4 is 23.5 Å². The summed E-state index contributed by atoms with van der Waals surface area (Å²) < 4.78 is 0. The van der Waals surface area contributed by atoms with Gasteiger partial charge in [-0.2, -0.15) is 0 Å². The number of pyridine rings is 1. The Morgan fingerprint density at radius 3 is 2.75 bits per heavy atom. The van der Waals surface area contributed by atoms with E-state index < -0.39 is 18.0 Å². The molecule has 1 rings (SSSR count). The van der Waals surface area contributed by atoms with Crippen LogP contribution in [0.15, 0.2) is 18.2 Å². The Hall–Kier alpha value is -1.66. The van der Waals surface area contributed by atoms with E-state index in [1.165, 1.54) is 18.2 Å². The van der Waals surface area contributed by atoms with Crippen LogP contribution in [0.4, 0.5) is 0 Å². The van der Waals surface area contributed by atoms with Crippen molar-refractivity contribution in [2.45, 2.75) is 6.10 Å². The number of aliphatic hydroxyl groups is 1. The average Bonchev–Trinajstić information content (AvgIpc) is 2.25. The van der Waals surface area contributed by atoms with Crippen LogP contribution in [-0.2, 0) is 4.79 Å². The molecular formula is C9H9ClN2O4. The first-order valence-electron chi connectivity index (χ1n) is 4.32. The van der Waals surface area contributed by atoms with E-state index in [0.29, 0.717) is 0 Å². The first-order valence-corrected chi connectivity index (χ1v) is 4.70. The quantitative estimate of drug-likeness (QED) is 0.643. The zero-order chi connectivity index (χ0) is 12.1. The third kappa shape index (κ3) is 3.48. The summed E-state index contributed by atoms with van der Waals surface area (Å²) in [5.74, 6) is -2.00. The molecule has 1 aromatic heterocycles. The Labute approximate surface area is 95.9 Å². The summed E-state index contributed by atoms with van der Waals surface area (Å²) in [4.78, 5) is 25.4. The molecule has 0 radical (unpaired) electrons. The Kier molecular flexibility index (Phi) is 4.21. The highest BCUT2D eigenvalue weighted by Gasteiger charge is 2.15. The van der Waals surface area contributed by atoms with Crippen molar-refractivity contribution in [1.29, 1.82) is 0 Å². The van der Waals surface area contributed by atoms with Crippen LogP contribution in [-0.4, -0.2) is 39.7 Å². The number of carboxylic acids is 1. The highest BCUT2D eigenvalue weighted by molar-refractivity contribution is 6.29. The van der Waals surface area contributed by atoms with E-state index in [4.69, 9.17) is 21.8 Å². The topological polar surface area (TPSA) is 99.5 Å². The second kappa shape index (κ2) is 5.43. The molecule has 0 saturated carbocycles. The van der Waals surface area contributed by atoms with Crippen LogP contribution in [0.5, 0.6) is 0 Å². The number of nitrogens with zero attached hydrogens (tertiary/aromatic N) is 1. The van der Waals surface area contributed by atoms with Crippen LogP contribution in [0.25, 0.3) is 0 Å². The Bertz CT molecular complexity index is 410. The molecule has 1 heterocycles. The van der Waals surface area contributed by atoms with Crippen LogP contribution >= 0.6 is 11.6 Å². The molecule has 0 saturated heterocycles. The molecule has 0 aliphatic rings. The minimum Gasteiger partial charge on any atom is -0.479 e. The van der Waals surface area contributed by atoms with E-state index in [9.17, 15) is 9.59 Å². The van der Waals surface area contributed by atoms with Gasteiger partial charge in [-0.1, -0.05) is 17.7 Å². The number of amides is 1. The number of halogens is 1.